The molecule has 0 amide bonds. The molecule has 1 aromatic heterocycles. The molecule has 0 saturated carbocycles. The summed E-state index contributed by atoms with van der Waals surface area (Å²) in [5, 5.41) is 7.69. The summed E-state index contributed by atoms with van der Waals surface area (Å²) >= 11 is 1.96. The number of rotatable bonds is 5. The number of thioether (sulfide) groups is 1. The third-order valence-electron chi connectivity index (χ3n) is 3.73. The Kier molecular flexibility index (Phi) is 4.40. The molecular formula is C13H21N3O2S. The number of hydrogen-bond acceptors (Lipinski definition) is 6. The number of nitrogens with one attached hydrogen (secondary N) is 1. The zero-order valence-corrected chi connectivity index (χ0v) is 12.1. The molecule has 3 unspecified atom stereocenters. The molecule has 2 fully saturated rings. The first kappa shape index (κ1) is 13.4. The summed E-state index contributed by atoms with van der Waals surface area (Å²) in [6.07, 6.45) is 3.30. The fourth-order valence-corrected chi connectivity index (χ4v) is 4.01. The minimum Gasteiger partial charge on any atom is -0.370 e. The predicted octanol–water partition coefficient (Wildman–Crippen LogP) is 2.12. The second-order valence-electron chi connectivity index (χ2n) is 5.20. The van der Waals surface area contributed by atoms with Gasteiger partial charge in [-0.05, 0) is 25.8 Å². The van der Waals surface area contributed by atoms with E-state index in [1.807, 2.05) is 11.8 Å². The lowest BCUT2D eigenvalue weighted by atomic mass is 10.0. The largest absolute Gasteiger partial charge is 0.370 e. The van der Waals surface area contributed by atoms with E-state index < -0.39 is 0 Å². The van der Waals surface area contributed by atoms with Crippen molar-refractivity contribution in [3.63, 3.8) is 0 Å². The van der Waals surface area contributed by atoms with Crippen LogP contribution in [0.3, 0.4) is 0 Å². The van der Waals surface area contributed by atoms with Gasteiger partial charge >= 0.3 is 0 Å². The fourth-order valence-electron chi connectivity index (χ4n) is 2.64. The van der Waals surface area contributed by atoms with Gasteiger partial charge in [-0.1, -0.05) is 12.1 Å². The molecule has 3 heterocycles. The quantitative estimate of drug-likeness (QED) is 0.893. The molecule has 0 bridgehead atoms. The highest BCUT2D eigenvalue weighted by atomic mass is 32.2. The third kappa shape index (κ3) is 2.95. The fraction of sp³-hybridized carbons (Fsp3) is 0.846. The molecule has 3 rings (SSSR count). The number of aromatic nitrogens is 2. The average molecular weight is 283 g/mol. The van der Waals surface area contributed by atoms with E-state index in [9.17, 15) is 0 Å². The maximum absolute atomic E-state index is 5.60. The van der Waals surface area contributed by atoms with E-state index in [4.69, 9.17) is 9.26 Å². The van der Waals surface area contributed by atoms with Gasteiger partial charge in [0.2, 0.25) is 11.7 Å². The Morgan fingerprint density at radius 1 is 1.42 bits per heavy atom. The summed E-state index contributed by atoms with van der Waals surface area (Å²) in [6, 6.07) is 0.461. The van der Waals surface area contributed by atoms with Crippen LogP contribution in [-0.2, 0) is 4.74 Å². The minimum atomic E-state index is 0.0496. The molecule has 0 aromatic carbocycles. The van der Waals surface area contributed by atoms with Crippen LogP contribution in [0.5, 0.6) is 0 Å². The number of nitrogens with zero attached hydrogens (tertiary/aromatic N) is 2. The van der Waals surface area contributed by atoms with Crippen LogP contribution in [0.15, 0.2) is 4.52 Å². The topological polar surface area (TPSA) is 60.2 Å². The van der Waals surface area contributed by atoms with Crippen LogP contribution in [0.25, 0.3) is 0 Å². The second kappa shape index (κ2) is 6.24. The van der Waals surface area contributed by atoms with Crippen molar-refractivity contribution in [3.05, 3.63) is 11.7 Å². The van der Waals surface area contributed by atoms with Gasteiger partial charge in [0.25, 0.3) is 0 Å². The summed E-state index contributed by atoms with van der Waals surface area (Å²) in [7, 11) is 0. The van der Waals surface area contributed by atoms with Crippen molar-refractivity contribution in [2.24, 2.45) is 0 Å². The van der Waals surface area contributed by atoms with Crippen molar-refractivity contribution >= 4 is 11.8 Å². The van der Waals surface area contributed by atoms with Crippen molar-refractivity contribution in [3.8, 4) is 0 Å². The van der Waals surface area contributed by atoms with Crippen molar-refractivity contribution in [1.29, 1.82) is 0 Å². The van der Waals surface area contributed by atoms with Crippen molar-refractivity contribution in [2.45, 2.75) is 44.2 Å². The lowest BCUT2D eigenvalue weighted by Crippen LogP contribution is -2.34. The van der Waals surface area contributed by atoms with Gasteiger partial charge in [-0.25, -0.2) is 0 Å². The van der Waals surface area contributed by atoms with Crippen LogP contribution >= 0.6 is 11.8 Å². The monoisotopic (exact) mass is 283 g/mol. The molecule has 1 aromatic rings. The molecular weight excluding hydrogens is 262 g/mol. The molecule has 1 N–H and O–H groups in total. The summed E-state index contributed by atoms with van der Waals surface area (Å²) in [6.45, 7) is 4.05. The van der Waals surface area contributed by atoms with Gasteiger partial charge in [-0.15, -0.1) is 0 Å². The Morgan fingerprint density at radius 2 is 2.37 bits per heavy atom. The van der Waals surface area contributed by atoms with Crippen molar-refractivity contribution in [1.82, 2.24) is 15.5 Å². The first-order valence-electron chi connectivity index (χ1n) is 7.14. The normalized spacial score (nSPS) is 31.1. The molecule has 6 heteroatoms. The summed E-state index contributed by atoms with van der Waals surface area (Å²) < 4.78 is 11.1. The molecule has 2 aliphatic heterocycles. The van der Waals surface area contributed by atoms with Crippen LogP contribution in [0.4, 0.5) is 0 Å². The molecule has 2 aliphatic rings. The van der Waals surface area contributed by atoms with E-state index in [-0.39, 0.29) is 6.10 Å². The Labute approximate surface area is 117 Å². The lowest BCUT2D eigenvalue weighted by Gasteiger charge is -2.16. The predicted molar refractivity (Wildman–Crippen MR) is 74.4 cm³/mol. The van der Waals surface area contributed by atoms with Crippen molar-refractivity contribution < 1.29 is 9.26 Å². The maximum atomic E-state index is 5.60. The lowest BCUT2D eigenvalue weighted by molar-refractivity contribution is 0.103. The Bertz CT molecular complexity index is 406. The first-order chi connectivity index (χ1) is 9.38. The van der Waals surface area contributed by atoms with Crippen LogP contribution < -0.4 is 5.32 Å². The standard InChI is InChI=1S/C13H21N3O2S/c1-2-5-14-10-8-19-7-9(10)13-15-12(16-18-13)11-4-3-6-17-11/h9-11,14H,2-8H2,1H3. The highest BCUT2D eigenvalue weighted by Gasteiger charge is 2.34. The van der Waals surface area contributed by atoms with E-state index in [0.29, 0.717) is 12.0 Å². The van der Waals surface area contributed by atoms with Gasteiger partial charge in [-0.2, -0.15) is 16.7 Å². The molecule has 0 spiro atoms. The molecule has 3 atom stereocenters. The molecule has 106 valence electrons. The minimum absolute atomic E-state index is 0.0496. The van der Waals surface area contributed by atoms with Crippen LogP contribution in [0, 0.1) is 0 Å². The van der Waals surface area contributed by atoms with E-state index in [1.54, 1.807) is 0 Å². The van der Waals surface area contributed by atoms with E-state index in [2.05, 4.69) is 22.4 Å². The average Bonchev–Trinajstić information content (AvgIpc) is 3.14. The summed E-state index contributed by atoms with van der Waals surface area (Å²) in [5.74, 6) is 4.05. The molecule has 19 heavy (non-hydrogen) atoms. The van der Waals surface area contributed by atoms with Crippen LogP contribution in [0.2, 0.25) is 0 Å². The maximum Gasteiger partial charge on any atom is 0.232 e. The van der Waals surface area contributed by atoms with Gasteiger partial charge in [0.05, 0.1) is 5.92 Å². The van der Waals surface area contributed by atoms with Gasteiger partial charge in [0.1, 0.15) is 6.10 Å². The SMILES string of the molecule is CCCNC1CSCC1c1nc(C2CCCO2)no1. The Balaban J connectivity index is 1.67. The summed E-state index contributed by atoms with van der Waals surface area (Å²) in [4.78, 5) is 4.58. The van der Waals surface area contributed by atoms with E-state index in [1.165, 1.54) is 0 Å². The zero-order valence-electron chi connectivity index (χ0n) is 11.3. The van der Waals surface area contributed by atoms with Gasteiger partial charge in [0.15, 0.2) is 0 Å². The van der Waals surface area contributed by atoms with Crippen LogP contribution in [0.1, 0.15) is 49.9 Å². The zero-order chi connectivity index (χ0) is 13.1. The van der Waals surface area contributed by atoms with Gasteiger partial charge in [0, 0.05) is 24.2 Å². The number of ether oxygens (including phenoxy) is 1. The number of hydrogen-bond donors (Lipinski definition) is 1. The molecule has 5 nitrogen and oxygen atoms in total. The Hall–Kier alpha value is -0.590. The molecule has 0 radical (unpaired) electrons. The van der Waals surface area contributed by atoms with E-state index in [0.717, 1.165) is 55.6 Å². The first-order valence-corrected chi connectivity index (χ1v) is 8.30. The Morgan fingerprint density at radius 3 is 3.16 bits per heavy atom. The van der Waals surface area contributed by atoms with Crippen molar-refractivity contribution in [2.75, 3.05) is 24.7 Å². The summed E-state index contributed by atoms with van der Waals surface area (Å²) in [5.41, 5.74) is 0. The van der Waals surface area contributed by atoms with Gasteiger partial charge in [-0.3, -0.25) is 0 Å². The van der Waals surface area contributed by atoms with Crippen LogP contribution in [-0.4, -0.2) is 40.8 Å². The molecule has 0 aliphatic carbocycles. The highest BCUT2D eigenvalue weighted by Crippen LogP contribution is 2.33. The smallest absolute Gasteiger partial charge is 0.232 e. The van der Waals surface area contributed by atoms with E-state index >= 15 is 0 Å². The molecule has 2 saturated heterocycles. The van der Waals surface area contributed by atoms with Gasteiger partial charge < -0.3 is 14.6 Å². The second-order valence-corrected chi connectivity index (χ2v) is 6.27. The third-order valence-corrected chi connectivity index (χ3v) is 4.92. The highest BCUT2D eigenvalue weighted by molar-refractivity contribution is 7.99.